The normalized spacial score (nSPS) is 15.8. The van der Waals surface area contributed by atoms with Crippen LogP contribution in [0.25, 0.3) is 0 Å². The Kier molecular flexibility index (Phi) is 8.11. The Labute approximate surface area is 107 Å². The van der Waals surface area contributed by atoms with Gasteiger partial charge in [0.1, 0.15) is 6.61 Å². The molecule has 0 aliphatic carbocycles. The van der Waals surface area contributed by atoms with Gasteiger partial charge in [-0.3, -0.25) is 4.79 Å². The Balaban J connectivity index is 0.000000327. The first-order valence-electron chi connectivity index (χ1n) is 5.99. The van der Waals surface area contributed by atoms with Crippen molar-refractivity contribution in [1.82, 2.24) is 0 Å². The summed E-state index contributed by atoms with van der Waals surface area (Å²) in [5.74, 6) is -0.0255. The molecule has 1 saturated heterocycles. The van der Waals surface area contributed by atoms with Gasteiger partial charge in [-0.1, -0.05) is 13.8 Å². The molecule has 0 aromatic carbocycles. The molecule has 1 fully saturated rings. The van der Waals surface area contributed by atoms with Crippen molar-refractivity contribution in [2.45, 2.75) is 39.5 Å². The van der Waals surface area contributed by atoms with E-state index in [4.69, 9.17) is 14.9 Å². The number of carboxylic acid groups (broad SMARTS) is 1. The van der Waals surface area contributed by atoms with Crippen molar-refractivity contribution < 1.29 is 29.3 Å². The van der Waals surface area contributed by atoms with Crippen LogP contribution in [-0.2, 0) is 14.3 Å². The van der Waals surface area contributed by atoms with Crippen LogP contribution in [0.15, 0.2) is 0 Å². The fourth-order valence-corrected chi connectivity index (χ4v) is 1.11. The number of cyclic esters (lactones) is 1. The maximum Gasteiger partial charge on any atom is 0.505 e. The Morgan fingerprint density at radius 2 is 2.06 bits per heavy atom. The Morgan fingerprint density at radius 1 is 1.39 bits per heavy atom. The molecule has 0 unspecified atom stereocenters. The summed E-state index contributed by atoms with van der Waals surface area (Å²) in [5.41, 5.74) is -0.474. The van der Waals surface area contributed by atoms with Gasteiger partial charge in [0, 0.05) is 11.8 Å². The highest BCUT2D eigenvalue weighted by Crippen LogP contribution is 2.13. The first kappa shape index (κ1) is 16.7. The smallest absolute Gasteiger partial charge is 0.466 e. The Hall–Kier alpha value is -1.30. The summed E-state index contributed by atoms with van der Waals surface area (Å²) < 4.78 is 9.02. The van der Waals surface area contributed by atoms with E-state index in [0.717, 1.165) is 19.3 Å². The average molecular weight is 262 g/mol. The lowest BCUT2D eigenvalue weighted by atomic mass is 9.97. The second-order valence-electron chi connectivity index (χ2n) is 4.91. The van der Waals surface area contributed by atoms with Crippen LogP contribution < -0.4 is 0 Å². The minimum atomic E-state index is -1.30. The number of ether oxygens (including phenoxy) is 2. The molecule has 0 aromatic heterocycles. The number of rotatable bonds is 3. The van der Waals surface area contributed by atoms with Gasteiger partial charge in [-0.2, -0.15) is 0 Å². The molecule has 6 heteroatoms. The largest absolute Gasteiger partial charge is 0.505 e. The number of carbonyl (C=O) groups is 2. The zero-order chi connectivity index (χ0) is 14.0. The van der Waals surface area contributed by atoms with E-state index in [9.17, 15) is 9.59 Å². The van der Waals surface area contributed by atoms with Gasteiger partial charge in [-0.25, -0.2) is 4.79 Å². The molecule has 0 radical (unpaired) electrons. The minimum Gasteiger partial charge on any atom is -0.466 e. The van der Waals surface area contributed by atoms with Gasteiger partial charge in [0.2, 0.25) is 0 Å². The third-order valence-electron chi connectivity index (χ3n) is 2.30. The number of hydrogen-bond donors (Lipinski definition) is 2. The average Bonchev–Trinajstić information content (AvgIpc) is 2.55. The van der Waals surface area contributed by atoms with Gasteiger partial charge in [0.25, 0.3) is 0 Å². The molecule has 1 rings (SSSR count). The van der Waals surface area contributed by atoms with Gasteiger partial charge in [0.15, 0.2) is 0 Å². The predicted molar refractivity (Wildman–Crippen MR) is 64.3 cm³/mol. The number of esters is 1. The molecule has 6 nitrogen and oxygen atoms in total. The number of carbonyl (C=O) groups excluding carboxylic acids is 1. The fraction of sp³-hybridized carbons (Fsp3) is 0.833. The molecule has 0 aromatic rings. The molecule has 0 amide bonds. The molecule has 1 heterocycles. The third-order valence-corrected chi connectivity index (χ3v) is 2.30. The topological polar surface area (TPSA) is 93.1 Å². The van der Waals surface area contributed by atoms with Crippen LogP contribution >= 0.6 is 0 Å². The first-order chi connectivity index (χ1) is 8.37. The molecular weight excluding hydrogens is 240 g/mol. The highest BCUT2D eigenvalue weighted by atomic mass is 16.7. The summed E-state index contributed by atoms with van der Waals surface area (Å²) in [7, 11) is 0. The molecule has 2 N–H and O–H groups in total. The Bertz CT molecular complexity index is 251. The highest BCUT2D eigenvalue weighted by Gasteiger charge is 2.18. The molecule has 18 heavy (non-hydrogen) atoms. The number of aliphatic hydroxyl groups excluding tert-OH is 1. The maximum atomic E-state index is 10.5. The van der Waals surface area contributed by atoms with Crippen molar-refractivity contribution in [2.24, 2.45) is 5.41 Å². The SMILES string of the molecule is CC(C)(CO)COC(=O)O.O=C1CCCCCO1. The lowest BCUT2D eigenvalue weighted by Crippen LogP contribution is -2.24. The zero-order valence-electron chi connectivity index (χ0n) is 11.0. The van der Waals surface area contributed by atoms with E-state index in [-0.39, 0.29) is 19.2 Å². The molecule has 0 atom stereocenters. The van der Waals surface area contributed by atoms with Crippen molar-refractivity contribution in [2.75, 3.05) is 19.8 Å². The van der Waals surface area contributed by atoms with Crippen molar-refractivity contribution in [3.63, 3.8) is 0 Å². The molecule has 1 aliphatic heterocycles. The van der Waals surface area contributed by atoms with Crippen LogP contribution in [0, 0.1) is 5.41 Å². The van der Waals surface area contributed by atoms with E-state index in [1.165, 1.54) is 0 Å². The monoisotopic (exact) mass is 262 g/mol. The number of hydrogen-bond acceptors (Lipinski definition) is 5. The summed E-state index contributed by atoms with van der Waals surface area (Å²) in [6, 6.07) is 0. The Morgan fingerprint density at radius 3 is 2.61 bits per heavy atom. The van der Waals surface area contributed by atoms with Crippen LogP contribution in [0.2, 0.25) is 0 Å². The van der Waals surface area contributed by atoms with Gasteiger partial charge < -0.3 is 19.7 Å². The minimum absolute atomic E-state index is 0.0255. The van der Waals surface area contributed by atoms with Crippen molar-refractivity contribution in [1.29, 1.82) is 0 Å². The molecule has 106 valence electrons. The van der Waals surface area contributed by atoms with E-state index < -0.39 is 11.6 Å². The molecule has 0 bridgehead atoms. The van der Waals surface area contributed by atoms with Crippen molar-refractivity contribution in [3.05, 3.63) is 0 Å². The van der Waals surface area contributed by atoms with Gasteiger partial charge >= 0.3 is 12.1 Å². The summed E-state index contributed by atoms with van der Waals surface area (Å²) in [4.78, 5) is 20.3. The van der Waals surface area contributed by atoms with Crippen LogP contribution in [0.3, 0.4) is 0 Å². The van der Waals surface area contributed by atoms with E-state index in [1.807, 2.05) is 0 Å². The van der Waals surface area contributed by atoms with Crippen LogP contribution in [0.1, 0.15) is 39.5 Å². The molecule has 0 saturated carbocycles. The third kappa shape index (κ3) is 9.89. The van der Waals surface area contributed by atoms with Gasteiger partial charge in [0.05, 0.1) is 13.2 Å². The quantitative estimate of drug-likeness (QED) is 0.753. The van der Waals surface area contributed by atoms with E-state index in [0.29, 0.717) is 13.0 Å². The second-order valence-corrected chi connectivity index (χ2v) is 4.91. The maximum absolute atomic E-state index is 10.5. The standard InChI is InChI=1S/C6H12O4.C6H10O2/c1-6(2,3-7)4-10-5(8)9;7-6-4-2-1-3-5-8-6/h7H,3-4H2,1-2H3,(H,8,9);1-5H2. The van der Waals surface area contributed by atoms with E-state index in [1.54, 1.807) is 13.8 Å². The molecular formula is C12H22O6. The lowest BCUT2D eigenvalue weighted by molar-refractivity contribution is -0.142. The van der Waals surface area contributed by atoms with Crippen molar-refractivity contribution in [3.8, 4) is 0 Å². The van der Waals surface area contributed by atoms with Gasteiger partial charge in [-0.15, -0.1) is 0 Å². The fourth-order valence-electron chi connectivity index (χ4n) is 1.11. The van der Waals surface area contributed by atoms with E-state index in [2.05, 4.69) is 4.74 Å². The first-order valence-corrected chi connectivity index (χ1v) is 5.99. The van der Waals surface area contributed by atoms with Gasteiger partial charge in [-0.05, 0) is 19.3 Å². The van der Waals surface area contributed by atoms with E-state index >= 15 is 0 Å². The summed E-state index contributed by atoms with van der Waals surface area (Å²) in [6.45, 7) is 4.02. The van der Waals surface area contributed by atoms with Crippen molar-refractivity contribution >= 4 is 12.1 Å². The summed E-state index contributed by atoms with van der Waals surface area (Å²) in [6.07, 6.45) is 2.53. The highest BCUT2D eigenvalue weighted by molar-refractivity contribution is 5.69. The zero-order valence-corrected chi connectivity index (χ0v) is 11.0. The summed E-state index contributed by atoms with van der Waals surface area (Å²) in [5, 5.41) is 16.7. The molecule has 0 spiro atoms. The number of aliphatic hydroxyl groups is 1. The molecule has 1 aliphatic rings. The lowest BCUT2D eigenvalue weighted by Gasteiger charge is -2.19. The van der Waals surface area contributed by atoms with Crippen LogP contribution in [0.5, 0.6) is 0 Å². The van der Waals surface area contributed by atoms with Crippen LogP contribution in [-0.4, -0.2) is 42.2 Å². The van der Waals surface area contributed by atoms with Crippen LogP contribution in [0.4, 0.5) is 4.79 Å². The predicted octanol–water partition coefficient (Wildman–Crippen LogP) is 1.80. The summed E-state index contributed by atoms with van der Waals surface area (Å²) >= 11 is 0. The second kappa shape index (κ2) is 8.74.